The Morgan fingerprint density at radius 3 is 2.53 bits per heavy atom. The highest BCUT2D eigenvalue weighted by Crippen LogP contribution is 2.15. The van der Waals surface area contributed by atoms with Crippen LogP contribution in [0.15, 0.2) is 49.1 Å². The van der Waals surface area contributed by atoms with E-state index in [0.717, 1.165) is 11.4 Å². The summed E-state index contributed by atoms with van der Waals surface area (Å²) in [4.78, 5) is 12.2. The molecule has 3 aromatic rings. The molecule has 3 rings (SSSR count). The van der Waals surface area contributed by atoms with Gasteiger partial charge in [0.05, 0.1) is 23.8 Å². The van der Waals surface area contributed by atoms with Crippen LogP contribution >= 0.6 is 0 Å². The maximum atomic E-state index is 5.83. The van der Waals surface area contributed by atoms with Gasteiger partial charge in [-0.1, -0.05) is 0 Å². The van der Waals surface area contributed by atoms with Crippen molar-refractivity contribution in [2.24, 2.45) is 0 Å². The van der Waals surface area contributed by atoms with Gasteiger partial charge in [0.25, 0.3) is 0 Å². The summed E-state index contributed by atoms with van der Waals surface area (Å²) >= 11 is 0. The van der Waals surface area contributed by atoms with E-state index in [4.69, 9.17) is 5.73 Å². The molecule has 0 saturated carbocycles. The van der Waals surface area contributed by atoms with Gasteiger partial charge in [0, 0.05) is 12.4 Å². The Morgan fingerprint density at radius 1 is 1.05 bits per heavy atom. The van der Waals surface area contributed by atoms with Gasteiger partial charge >= 0.3 is 0 Å². The molecule has 0 amide bonds. The Balaban J connectivity index is 1.90. The van der Waals surface area contributed by atoms with Crippen molar-refractivity contribution in [3.8, 4) is 5.69 Å². The van der Waals surface area contributed by atoms with E-state index in [-0.39, 0.29) is 0 Å². The zero-order valence-corrected chi connectivity index (χ0v) is 9.93. The summed E-state index contributed by atoms with van der Waals surface area (Å²) in [6.07, 6.45) is 6.73. The van der Waals surface area contributed by atoms with Gasteiger partial charge in [-0.2, -0.15) is 9.67 Å². The molecule has 7 nitrogen and oxygen atoms in total. The Labute approximate surface area is 109 Å². The molecule has 94 valence electrons. The van der Waals surface area contributed by atoms with E-state index in [2.05, 4.69) is 25.4 Å². The third-order valence-corrected chi connectivity index (χ3v) is 2.44. The standard InChI is InChI=1S/C12H11N7/c13-11-17-12(16-9-3-1-5-14-7-9)18-19(11)10-4-2-6-15-8-10/h1-8H,(H3,13,16,17,18). The minimum atomic E-state index is 0.291. The molecule has 0 aliphatic heterocycles. The molecule has 7 heteroatoms. The first-order valence-electron chi connectivity index (χ1n) is 5.63. The minimum Gasteiger partial charge on any atom is -0.368 e. The third kappa shape index (κ3) is 2.34. The number of nitrogens with two attached hydrogens (primary N) is 1. The van der Waals surface area contributed by atoms with Crippen LogP contribution in [0.1, 0.15) is 0 Å². The molecule has 0 aliphatic rings. The van der Waals surface area contributed by atoms with Crippen LogP contribution in [-0.4, -0.2) is 24.7 Å². The zero-order valence-electron chi connectivity index (χ0n) is 9.93. The van der Waals surface area contributed by atoms with Gasteiger partial charge in [0.15, 0.2) is 0 Å². The summed E-state index contributed by atoms with van der Waals surface area (Å²) in [6, 6.07) is 7.36. The van der Waals surface area contributed by atoms with Crippen LogP contribution in [0.4, 0.5) is 17.6 Å². The molecule has 3 aromatic heterocycles. The lowest BCUT2D eigenvalue weighted by Crippen LogP contribution is -2.02. The molecule has 0 aliphatic carbocycles. The van der Waals surface area contributed by atoms with Crippen LogP contribution in [0.5, 0.6) is 0 Å². The van der Waals surface area contributed by atoms with E-state index in [1.165, 1.54) is 4.68 Å². The first kappa shape index (κ1) is 11.1. The monoisotopic (exact) mass is 253 g/mol. The molecule has 0 radical (unpaired) electrons. The Hall–Kier alpha value is -2.96. The normalized spacial score (nSPS) is 10.3. The second kappa shape index (κ2) is 4.73. The van der Waals surface area contributed by atoms with E-state index < -0.39 is 0 Å². The first-order chi connectivity index (χ1) is 9.33. The van der Waals surface area contributed by atoms with Crippen LogP contribution in [0.25, 0.3) is 5.69 Å². The average Bonchev–Trinajstić information content (AvgIpc) is 2.82. The predicted molar refractivity (Wildman–Crippen MR) is 71.1 cm³/mol. The molecule has 19 heavy (non-hydrogen) atoms. The Morgan fingerprint density at radius 2 is 1.84 bits per heavy atom. The highest BCUT2D eigenvalue weighted by Gasteiger charge is 2.08. The van der Waals surface area contributed by atoms with Crippen LogP contribution in [0.2, 0.25) is 0 Å². The van der Waals surface area contributed by atoms with E-state index in [1.807, 2.05) is 24.3 Å². The zero-order chi connectivity index (χ0) is 13.1. The molecule has 0 unspecified atom stereocenters. The highest BCUT2D eigenvalue weighted by atomic mass is 15.4. The van der Waals surface area contributed by atoms with Crippen molar-refractivity contribution >= 4 is 17.6 Å². The van der Waals surface area contributed by atoms with Crippen molar-refractivity contribution in [3.05, 3.63) is 49.1 Å². The molecular weight excluding hydrogens is 242 g/mol. The number of nitrogens with one attached hydrogen (secondary N) is 1. The maximum Gasteiger partial charge on any atom is 0.248 e. The number of anilines is 3. The van der Waals surface area contributed by atoms with Gasteiger partial charge in [-0.3, -0.25) is 9.97 Å². The quantitative estimate of drug-likeness (QED) is 0.732. The van der Waals surface area contributed by atoms with Gasteiger partial charge in [-0.25, -0.2) is 0 Å². The summed E-state index contributed by atoms with van der Waals surface area (Å²) < 4.78 is 1.52. The van der Waals surface area contributed by atoms with Gasteiger partial charge in [-0.15, -0.1) is 5.10 Å². The second-order valence-electron chi connectivity index (χ2n) is 3.78. The van der Waals surface area contributed by atoms with E-state index in [1.54, 1.807) is 24.8 Å². The Bertz CT molecular complexity index is 663. The number of aromatic nitrogens is 5. The SMILES string of the molecule is Nc1nc(Nc2cccnc2)nn1-c1cccnc1. The molecular formula is C12H11N7. The molecule has 0 aromatic carbocycles. The van der Waals surface area contributed by atoms with Gasteiger partial charge in [0.2, 0.25) is 11.9 Å². The van der Waals surface area contributed by atoms with Crippen molar-refractivity contribution in [1.29, 1.82) is 0 Å². The first-order valence-corrected chi connectivity index (χ1v) is 5.63. The number of hydrogen-bond donors (Lipinski definition) is 2. The summed E-state index contributed by atoms with van der Waals surface area (Å²) in [5.41, 5.74) is 7.39. The van der Waals surface area contributed by atoms with E-state index >= 15 is 0 Å². The van der Waals surface area contributed by atoms with Gasteiger partial charge < -0.3 is 11.1 Å². The molecule has 3 heterocycles. The number of nitrogen functional groups attached to an aromatic ring is 1. The summed E-state index contributed by atoms with van der Waals surface area (Å²) in [7, 11) is 0. The fraction of sp³-hybridized carbons (Fsp3) is 0. The van der Waals surface area contributed by atoms with Crippen molar-refractivity contribution in [1.82, 2.24) is 24.7 Å². The van der Waals surface area contributed by atoms with Crippen LogP contribution in [0.3, 0.4) is 0 Å². The molecule has 3 N–H and O–H groups in total. The molecule has 0 atom stereocenters. The number of hydrogen-bond acceptors (Lipinski definition) is 6. The lowest BCUT2D eigenvalue weighted by Gasteiger charge is -2.00. The van der Waals surface area contributed by atoms with E-state index in [9.17, 15) is 0 Å². The molecule has 0 fully saturated rings. The maximum absolute atomic E-state index is 5.83. The smallest absolute Gasteiger partial charge is 0.248 e. The topological polar surface area (TPSA) is 94.5 Å². The molecule has 0 saturated heterocycles. The molecule has 0 bridgehead atoms. The van der Waals surface area contributed by atoms with Gasteiger partial charge in [0.1, 0.15) is 0 Å². The fourth-order valence-electron chi connectivity index (χ4n) is 1.61. The lowest BCUT2D eigenvalue weighted by atomic mass is 10.4. The predicted octanol–water partition coefficient (Wildman–Crippen LogP) is 1.38. The molecule has 0 spiro atoms. The van der Waals surface area contributed by atoms with Crippen LogP contribution in [-0.2, 0) is 0 Å². The third-order valence-electron chi connectivity index (χ3n) is 2.44. The van der Waals surface area contributed by atoms with Crippen molar-refractivity contribution < 1.29 is 0 Å². The van der Waals surface area contributed by atoms with Crippen LogP contribution in [0, 0.1) is 0 Å². The summed E-state index contributed by atoms with van der Waals surface area (Å²) in [5.74, 6) is 0.703. The van der Waals surface area contributed by atoms with Crippen molar-refractivity contribution in [2.75, 3.05) is 11.1 Å². The largest absolute Gasteiger partial charge is 0.368 e. The second-order valence-corrected chi connectivity index (χ2v) is 3.78. The number of rotatable bonds is 3. The number of nitrogens with zero attached hydrogens (tertiary/aromatic N) is 5. The van der Waals surface area contributed by atoms with Crippen molar-refractivity contribution in [3.63, 3.8) is 0 Å². The Kier molecular flexibility index (Phi) is 2.77. The summed E-state index contributed by atoms with van der Waals surface area (Å²) in [5, 5.41) is 7.31. The van der Waals surface area contributed by atoms with Crippen molar-refractivity contribution in [2.45, 2.75) is 0 Å². The van der Waals surface area contributed by atoms with Gasteiger partial charge in [-0.05, 0) is 24.3 Å². The van der Waals surface area contributed by atoms with E-state index in [0.29, 0.717) is 11.9 Å². The van der Waals surface area contributed by atoms with Crippen LogP contribution < -0.4 is 11.1 Å². The highest BCUT2D eigenvalue weighted by molar-refractivity contribution is 5.53. The average molecular weight is 253 g/mol. The summed E-state index contributed by atoms with van der Waals surface area (Å²) in [6.45, 7) is 0. The minimum absolute atomic E-state index is 0.291. The number of pyridine rings is 2. The fourth-order valence-corrected chi connectivity index (χ4v) is 1.61. The lowest BCUT2D eigenvalue weighted by molar-refractivity contribution is 0.887.